The van der Waals surface area contributed by atoms with Crippen LogP contribution in [0.3, 0.4) is 0 Å². The van der Waals surface area contributed by atoms with E-state index in [2.05, 4.69) is 10.1 Å². The Labute approximate surface area is 97.2 Å². The van der Waals surface area contributed by atoms with Gasteiger partial charge in [-0.2, -0.15) is 0 Å². The fourth-order valence-electron chi connectivity index (χ4n) is 1.28. The maximum Gasteiger partial charge on any atom is 0.573 e. The van der Waals surface area contributed by atoms with E-state index < -0.39 is 12.5 Å². The third kappa shape index (κ3) is 6.13. The highest BCUT2D eigenvalue weighted by molar-refractivity contribution is 5.28. The summed E-state index contributed by atoms with van der Waals surface area (Å²) in [6.07, 6.45) is -5.17. The molecule has 1 aromatic rings. The maximum atomic E-state index is 12.0. The Balaban J connectivity index is 2.54. The molecular weight excluding hydrogens is 235 g/mol. The van der Waals surface area contributed by atoms with Gasteiger partial charge >= 0.3 is 6.36 Å². The second kappa shape index (κ2) is 5.88. The molecule has 0 fully saturated rings. The molecule has 17 heavy (non-hydrogen) atoms. The van der Waals surface area contributed by atoms with Crippen LogP contribution in [0, 0.1) is 0 Å². The molecule has 0 amide bonds. The van der Waals surface area contributed by atoms with Crippen molar-refractivity contribution in [2.45, 2.75) is 25.9 Å². The van der Waals surface area contributed by atoms with Crippen LogP contribution in [0.25, 0.3) is 0 Å². The van der Waals surface area contributed by atoms with Gasteiger partial charge in [-0.25, -0.2) is 0 Å². The quantitative estimate of drug-likeness (QED) is 0.839. The molecule has 0 saturated heterocycles. The van der Waals surface area contributed by atoms with Crippen LogP contribution in [0.2, 0.25) is 0 Å². The molecule has 0 aliphatic rings. The number of rotatable bonds is 5. The molecule has 0 bridgehead atoms. The standard InChI is InChI=1S/C11H14F3NO2/c1-8(16)6-15-7-9-3-2-4-10(5-9)17-11(12,13)14/h2-5,8,15-16H,6-7H2,1H3/t8-/m0/s1. The van der Waals surface area contributed by atoms with Gasteiger partial charge in [0.1, 0.15) is 5.75 Å². The van der Waals surface area contributed by atoms with E-state index in [1.807, 2.05) is 0 Å². The third-order valence-corrected chi connectivity index (χ3v) is 1.90. The van der Waals surface area contributed by atoms with Crippen LogP contribution in [-0.4, -0.2) is 24.1 Å². The summed E-state index contributed by atoms with van der Waals surface area (Å²) in [7, 11) is 0. The Kier molecular flexibility index (Phi) is 4.77. The first kappa shape index (κ1) is 13.8. The van der Waals surface area contributed by atoms with Gasteiger partial charge in [-0.15, -0.1) is 13.2 Å². The van der Waals surface area contributed by atoms with E-state index in [1.165, 1.54) is 18.2 Å². The second-order valence-electron chi connectivity index (χ2n) is 3.68. The smallest absolute Gasteiger partial charge is 0.406 e. The number of benzene rings is 1. The van der Waals surface area contributed by atoms with E-state index in [0.717, 1.165) is 0 Å². The van der Waals surface area contributed by atoms with Gasteiger partial charge in [0, 0.05) is 13.1 Å². The molecule has 1 rings (SSSR count). The molecule has 0 unspecified atom stereocenters. The molecular formula is C11H14F3NO2. The monoisotopic (exact) mass is 249 g/mol. The van der Waals surface area contributed by atoms with Crippen LogP contribution in [0.15, 0.2) is 24.3 Å². The zero-order chi connectivity index (χ0) is 12.9. The highest BCUT2D eigenvalue weighted by Crippen LogP contribution is 2.23. The number of aliphatic hydroxyl groups excluding tert-OH is 1. The summed E-state index contributed by atoms with van der Waals surface area (Å²) in [5, 5.41) is 11.9. The number of hydrogen-bond donors (Lipinski definition) is 2. The summed E-state index contributed by atoms with van der Waals surface area (Å²) in [4.78, 5) is 0. The third-order valence-electron chi connectivity index (χ3n) is 1.90. The van der Waals surface area contributed by atoms with E-state index in [0.29, 0.717) is 18.7 Å². The molecule has 96 valence electrons. The summed E-state index contributed by atoms with van der Waals surface area (Å²) < 4.78 is 39.7. The number of nitrogens with one attached hydrogen (secondary N) is 1. The van der Waals surface area contributed by atoms with Crippen molar-refractivity contribution in [1.82, 2.24) is 5.32 Å². The van der Waals surface area contributed by atoms with Crippen molar-refractivity contribution >= 4 is 0 Å². The zero-order valence-corrected chi connectivity index (χ0v) is 9.29. The lowest BCUT2D eigenvalue weighted by Gasteiger charge is -2.11. The number of alkyl halides is 3. The van der Waals surface area contributed by atoms with Crippen LogP contribution in [0.5, 0.6) is 5.75 Å². The predicted octanol–water partition coefficient (Wildman–Crippen LogP) is 2.06. The highest BCUT2D eigenvalue weighted by atomic mass is 19.4. The summed E-state index contributed by atoms with van der Waals surface area (Å²) >= 11 is 0. The average molecular weight is 249 g/mol. The van der Waals surface area contributed by atoms with Gasteiger partial charge in [0.25, 0.3) is 0 Å². The van der Waals surface area contributed by atoms with Crippen molar-refractivity contribution in [3.05, 3.63) is 29.8 Å². The molecule has 2 N–H and O–H groups in total. The molecule has 0 aliphatic carbocycles. The van der Waals surface area contributed by atoms with Crippen LogP contribution in [0.4, 0.5) is 13.2 Å². The molecule has 3 nitrogen and oxygen atoms in total. The van der Waals surface area contributed by atoms with Crippen molar-refractivity contribution < 1.29 is 23.0 Å². The summed E-state index contributed by atoms with van der Waals surface area (Å²) in [6.45, 7) is 2.38. The lowest BCUT2D eigenvalue weighted by atomic mass is 10.2. The van der Waals surface area contributed by atoms with Crippen molar-refractivity contribution in [3.8, 4) is 5.75 Å². The minimum atomic E-state index is -4.67. The first-order valence-corrected chi connectivity index (χ1v) is 5.10. The summed E-state index contributed by atoms with van der Waals surface area (Å²) in [5.74, 6) is -0.242. The number of ether oxygens (including phenoxy) is 1. The molecule has 0 aliphatic heterocycles. The van der Waals surface area contributed by atoms with Crippen LogP contribution < -0.4 is 10.1 Å². The van der Waals surface area contributed by atoms with E-state index >= 15 is 0 Å². The fourth-order valence-corrected chi connectivity index (χ4v) is 1.28. The van der Waals surface area contributed by atoms with Crippen LogP contribution in [0.1, 0.15) is 12.5 Å². The molecule has 0 aromatic heterocycles. The Bertz CT molecular complexity index is 353. The highest BCUT2D eigenvalue weighted by Gasteiger charge is 2.31. The topological polar surface area (TPSA) is 41.5 Å². The fraction of sp³-hybridized carbons (Fsp3) is 0.455. The minimum Gasteiger partial charge on any atom is -0.406 e. The normalized spacial score (nSPS) is 13.5. The first-order valence-electron chi connectivity index (χ1n) is 5.10. The number of aliphatic hydroxyl groups is 1. The van der Waals surface area contributed by atoms with Gasteiger partial charge in [0.05, 0.1) is 6.10 Å². The van der Waals surface area contributed by atoms with Gasteiger partial charge < -0.3 is 15.2 Å². The lowest BCUT2D eigenvalue weighted by molar-refractivity contribution is -0.274. The van der Waals surface area contributed by atoms with Crippen molar-refractivity contribution in [2.75, 3.05) is 6.54 Å². The van der Waals surface area contributed by atoms with Gasteiger partial charge in [0.2, 0.25) is 0 Å². The second-order valence-corrected chi connectivity index (χ2v) is 3.68. The van der Waals surface area contributed by atoms with Crippen molar-refractivity contribution in [3.63, 3.8) is 0 Å². The molecule has 0 saturated carbocycles. The van der Waals surface area contributed by atoms with Crippen LogP contribution >= 0.6 is 0 Å². The SMILES string of the molecule is C[C@H](O)CNCc1cccc(OC(F)(F)F)c1. The van der Waals surface area contributed by atoms with E-state index in [-0.39, 0.29) is 5.75 Å². The molecule has 1 aromatic carbocycles. The van der Waals surface area contributed by atoms with Gasteiger partial charge in [-0.3, -0.25) is 0 Å². The Morgan fingerprint density at radius 2 is 2.12 bits per heavy atom. The Hall–Kier alpha value is -1.27. The number of hydrogen-bond acceptors (Lipinski definition) is 3. The minimum absolute atomic E-state index is 0.242. The van der Waals surface area contributed by atoms with Crippen molar-refractivity contribution in [1.29, 1.82) is 0 Å². The van der Waals surface area contributed by atoms with E-state index in [1.54, 1.807) is 13.0 Å². The van der Waals surface area contributed by atoms with E-state index in [9.17, 15) is 13.2 Å². The van der Waals surface area contributed by atoms with Gasteiger partial charge in [0.15, 0.2) is 0 Å². The molecule has 6 heteroatoms. The van der Waals surface area contributed by atoms with Gasteiger partial charge in [-0.05, 0) is 24.6 Å². The molecule has 0 heterocycles. The zero-order valence-electron chi connectivity index (χ0n) is 9.29. The lowest BCUT2D eigenvalue weighted by Crippen LogP contribution is -2.24. The van der Waals surface area contributed by atoms with E-state index in [4.69, 9.17) is 5.11 Å². The van der Waals surface area contributed by atoms with Gasteiger partial charge in [-0.1, -0.05) is 12.1 Å². The van der Waals surface area contributed by atoms with Crippen molar-refractivity contribution in [2.24, 2.45) is 0 Å². The maximum absolute atomic E-state index is 12.0. The van der Waals surface area contributed by atoms with Crippen LogP contribution in [-0.2, 0) is 6.54 Å². The average Bonchev–Trinajstić information content (AvgIpc) is 2.14. The Morgan fingerprint density at radius 1 is 1.41 bits per heavy atom. The summed E-state index contributed by atoms with van der Waals surface area (Å²) in [6, 6.07) is 5.72. The Morgan fingerprint density at radius 3 is 2.71 bits per heavy atom. The molecule has 0 radical (unpaired) electrons. The predicted molar refractivity (Wildman–Crippen MR) is 56.5 cm³/mol. The number of halogens is 3. The first-order chi connectivity index (χ1) is 7.87. The summed E-state index contributed by atoms with van der Waals surface area (Å²) in [5.41, 5.74) is 0.660. The molecule has 1 atom stereocenters. The molecule has 0 spiro atoms. The largest absolute Gasteiger partial charge is 0.573 e.